The van der Waals surface area contributed by atoms with E-state index < -0.39 is 0 Å². The van der Waals surface area contributed by atoms with E-state index in [0.717, 1.165) is 50.9 Å². The molecule has 4 rings (SSSR count). The Labute approximate surface area is 148 Å². The average molecular weight is 345 g/mol. The van der Waals surface area contributed by atoms with Crippen LogP contribution in [0.5, 0.6) is 5.75 Å². The molecule has 0 bridgehead atoms. The number of piperidine rings is 1. The van der Waals surface area contributed by atoms with E-state index in [-0.39, 0.29) is 17.7 Å². The van der Waals surface area contributed by atoms with Gasteiger partial charge >= 0.3 is 6.03 Å². The summed E-state index contributed by atoms with van der Waals surface area (Å²) < 4.78 is 12.1. The van der Waals surface area contributed by atoms with Crippen LogP contribution in [0.1, 0.15) is 44.9 Å². The lowest BCUT2D eigenvalue weighted by molar-refractivity contribution is -0.0371. The van der Waals surface area contributed by atoms with E-state index in [0.29, 0.717) is 12.6 Å². The van der Waals surface area contributed by atoms with Crippen molar-refractivity contribution in [1.29, 1.82) is 0 Å². The number of amides is 2. The van der Waals surface area contributed by atoms with E-state index in [9.17, 15) is 4.79 Å². The second-order valence-corrected chi connectivity index (χ2v) is 7.54. The van der Waals surface area contributed by atoms with Crippen molar-refractivity contribution in [2.75, 3.05) is 19.7 Å². The highest BCUT2D eigenvalue weighted by molar-refractivity contribution is 5.74. The van der Waals surface area contributed by atoms with Gasteiger partial charge in [0.15, 0.2) is 0 Å². The van der Waals surface area contributed by atoms with Crippen molar-refractivity contribution < 1.29 is 14.3 Å². The smallest absolute Gasteiger partial charge is 0.317 e. The molecule has 2 saturated heterocycles. The summed E-state index contributed by atoms with van der Waals surface area (Å²) in [6.45, 7) is 2.14. The molecule has 1 aliphatic carbocycles. The van der Waals surface area contributed by atoms with Gasteiger partial charge in [-0.25, -0.2) is 4.79 Å². The molecular weight excluding hydrogens is 318 g/mol. The van der Waals surface area contributed by atoms with Crippen LogP contribution in [0, 0.1) is 0 Å². The molecule has 0 unspecified atom stereocenters. The summed E-state index contributed by atoms with van der Waals surface area (Å²) >= 11 is 0. The largest absolute Gasteiger partial charge is 0.486 e. The molecule has 3 heterocycles. The Morgan fingerprint density at radius 2 is 2.12 bits per heavy atom. The number of urea groups is 1. The minimum Gasteiger partial charge on any atom is -0.486 e. The van der Waals surface area contributed by atoms with Crippen molar-refractivity contribution in [3.63, 3.8) is 0 Å². The molecule has 1 aromatic heterocycles. The summed E-state index contributed by atoms with van der Waals surface area (Å²) in [4.78, 5) is 18.4. The molecule has 25 heavy (non-hydrogen) atoms. The van der Waals surface area contributed by atoms with Crippen LogP contribution < -0.4 is 10.1 Å². The average Bonchev–Trinajstić information content (AvgIpc) is 3.27. The number of likely N-dealkylation sites (tertiary alicyclic amines) is 1. The molecule has 0 radical (unpaired) electrons. The Balaban J connectivity index is 1.26. The maximum absolute atomic E-state index is 12.4. The third-order valence-corrected chi connectivity index (χ3v) is 5.76. The van der Waals surface area contributed by atoms with Crippen molar-refractivity contribution in [2.45, 2.75) is 62.7 Å². The monoisotopic (exact) mass is 345 g/mol. The van der Waals surface area contributed by atoms with Gasteiger partial charge in [0.05, 0.1) is 18.4 Å². The van der Waals surface area contributed by atoms with Gasteiger partial charge in [0.25, 0.3) is 0 Å². The van der Waals surface area contributed by atoms with Crippen LogP contribution >= 0.6 is 0 Å². The first-order valence-electron chi connectivity index (χ1n) is 9.49. The predicted molar refractivity (Wildman–Crippen MR) is 93.5 cm³/mol. The third kappa shape index (κ3) is 3.89. The number of aromatic nitrogens is 1. The molecular formula is C19H27N3O3. The third-order valence-electron chi connectivity index (χ3n) is 5.76. The Hall–Kier alpha value is -1.82. The summed E-state index contributed by atoms with van der Waals surface area (Å²) in [6, 6.07) is 4.28. The van der Waals surface area contributed by atoms with E-state index in [1.165, 1.54) is 12.8 Å². The number of nitrogens with zero attached hydrogens (tertiary/aromatic N) is 2. The second kappa shape index (κ2) is 7.20. The Bertz CT molecular complexity index is 581. The van der Waals surface area contributed by atoms with Gasteiger partial charge in [-0.1, -0.05) is 12.8 Å². The molecule has 1 aromatic rings. The number of pyridine rings is 1. The number of hydrogen-bond donors (Lipinski definition) is 1. The van der Waals surface area contributed by atoms with Crippen LogP contribution in [0.15, 0.2) is 24.5 Å². The van der Waals surface area contributed by atoms with Crippen LogP contribution in [0.2, 0.25) is 0 Å². The first-order chi connectivity index (χ1) is 12.2. The number of nitrogens with one attached hydrogen (secondary N) is 1. The number of hydrogen-bond acceptors (Lipinski definition) is 4. The Kier molecular flexibility index (Phi) is 4.79. The SMILES string of the molecule is O=C(NC1CCCC1)N1CCC2(CC1)C[C@H](Oc1cccnc1)CO2. The van der Waals surface area contributed by atoms with Crippen LogP contribution in [-0.2, 0) is 4.74 Å². The predicted octanol–water partition coefficient (Wildman–Crippen LogP) is 2.74. The fourth-order valence-corrected chi connectivity index (χ4v) is 4.29. The van der Waals surface area contributed by atoms with Crippen LogP contribution in [-0.4, -0.2) is 53.4 Å². The van der Waals surface area contributed by atoms with Crippen molar-refractivity contribution in [1.82, 2.24) is 15.2 Å². The molecule has 1 spiro atoms. The Morgan fingerprint density at radius 3 is 2.84 bits per heavy atom. The molecule has 6 nitrogen and oxygen atoms in total. The van der Waals surface area contributed by atoms with Gasteiger partial charge in [0, 0.05) is 31.7 Å². The van der Waals surface area contributed by atoms with Crippen LogP contribution in [0.25, 0.3) is 0 Å². The van der Waals surface area contributed by atoms with E-state index in [2.05, 4.69) is 10.3 Å². The van der Waals surface area contributed by atoms with Crippen molar-refractivity contribution in [2.24, 2.45) is 0 Å². The van der Waals surface area contributed by atoms with Crippen molar-refractivity contribution >= 4 is 6.03 Å². The number of ether oxygens (including phenoxy) is 2. The lowest BCUT2D eigenvalue weighted by Crippen LogP contribution is -2.51. The molecule has 3 aliphatic rings. The zero-order chi connectivity index (χ0) is 17.1. The van der Waals surface area contributed by atoms with Gasteiger partial charge < -0.3 is 19.7 Å². The highest BCUT2D eigenvalue weighted by atomic mass is 16.6. The molecule has 136 valence electrons. The van der Waals surface area contributed by atoms with Gasteiger partial charge in [-0.15, -0.1) is 0 Å². The normalized spacial score (nSPS) is 26.1. The lowest BCUT2D eigenvalue weighted by atomic mass is 9.88. The fourth-order valence-electron chi connectivity index (χ4n) is 4.29. The minimum atomic E-state index is -0.128. The number of carbonyl (C=O) groups is 1. The van der Waals surface area contributed by atoms with Crippen molar-refractivity contribution in [3.05, 3.63) is 24.5 Å². The molecule has 3 fully saturated rings. The van der Waals surface area contributed by atoms with Crippen LogP contribution in [0.4, 0.5) is 4.79 Å². The van der Waals surface area contributed by atoms with Gasteiger partial charge in [0.1, 0.15) is 11.9 Å². The number of carbonyl (C=O) groups excluding carboxylic acids is 1. The zero-order valence-electron chi connectivity index (χ0n) is 14.7. The second-order valence-electron chi connectivity index (χ2n) is 7.54. The quantitative estimate of drug-likeness (QED) is 0.915. The first kappa shape index (κ1) is 16.6. The molecule has 2 aliphatic heterocycles. The molecule has 1 saturated carbocycles. The van der Waals surface area contributed by atoms with E-state index >= 15 is 0 Å². The highest BCUT2D eigenvalue weighted by Gasteiger charge is 2.44. The maximum atomic E-state index is 12.4. The molecule has 2 amide bonds. The maximum Gasteiger partial charge on any atom is 0.317 e. The standard InChI is InChI=1S/C19H27N3O3/c23-18(21-15-4-1-2-5-15)22-10-7-19(8-11-22)12-17(14-24-19)25-16-6-3-9-20-13-16/h3,6,9,13,15,17H,1-2,4-5,7-8,10-12,14H2,(H,21,23)/t17-/m0/s1. The molecule has 1 atom stereocenters. The van der Waals surface area contributed by atoms with Gasteiger partial charge in [-0.05, 0) is 37.8 Å². The fraction of sp³-hybridized carbons (Fsp3) is 0.684. The van der Waals surface area contributed by atoms with Crippen LogP contribution in [0.3, 0.4) is 0 Å². The first-order valence-corrected chi connectivity index (χ1v) is 9.49. The summed E-state index contributed by atoms with van der Waals surface area (Å²) in [5, 5.41) is 3.18. The number of rotatable bonds is 3. The van der Waals surface area contributed by atoms with Gasteiger partial charge in [0.2, 0.25) is 0 Å². The minimum absolute atomic E-state index is 0.0723. The molecule has 0 aromatic carbocycles. The Morgan fingerprint density at radius 1 is 1.32 bits per heavy atom. The van der Waals surface area contributed by atoms with Gasteiger partial charge in [-0.3, -0.25) is 4.98 Å². The van der Waals surface area contributed by atoms with Gasteiger partial charge in [-0.2, -0.15) is 0 Å². The lowest BCUT2D eigenvalue weighted by Gasteiger charge is -2.38. The van der Waals surface area contributed by atoms with Crippen molar-refractivity contribution in [3.8, 4) is 5.75 Å². The topological polar surface area (TPSA) is 63.7 Å². The van der Waals surface area contributed by atoms with E-state index in [4.69, 9.17) is 9.47 Å². The summed E-state index contributed by atoms with van der Waals surface area (Å²) in [5.41, 5.74) is -0.128. The molecule has 6 heteroatoms. The summed E-state index contributed by atoms with van der Waals surface area (Å²) in [5.74, 6) is 0.793. The van der Waals surface area contributed by atoms with E-state index in [1.807, 2.05) is 17.0 Å². The molecule has 1 N–H and O–H groups in total. The summed E-state index contributed by atoms with van der Waals surface area (Å²) in [7, 11) is 0. The zero-order valence-corrected chi connectivity index (χ0v) is 14.7. The van der Waals surface area contributed by atoms with E-state index in [1.54, 1.807) is 12.4 Å². The highest BCUT2D eigenvalue weighted by Crippen LogP contribution is 2.37. The summed E-state index contributed by atoms with van der Waals surface area (Å²) in [6.07, 6.45) is 10.9.